The quantitative estimate of drug-likeness (QED) is 0.804. The first kappa shape index (κ1) is 13.4. The van der Waals surface area contributed by atoms with Gasteiger partial charge >= 0.3 is 5.43 Å². The van der Waals surface area contributed by atoms with E-state index in [1.165, 1.54) is 0 Å². The van der Waals surface area contributed by atoms with Gasteiger partial charge in [-0.2, -0.15) is 0 Å². The van der Waals surface area contributed by atoms with Crippen molar-refractivity contribution in [1.29, 1.82) is 0 Å². The lowest BCUT2D eigenvalue weighted by Crippen LogP contribution is -2.73. The van der Waals surface area contributed by atoms with Gasteiger partial charge in [0.05, 0.1) is 5.41 Å². The number of amides is 1. The Morgan fingerprint density at radius 1 is 1.25 bits per heavy atom. The molecule has 0 saturated heterocycles. The Labute approximate surface area is 122 Å². The van der Waals surface area contributed by atoms with E-state index in [4.69, 9.17) is 16.3 Å². The number of carbonyl (C=O) groups excluding carboxylic acids is 2. The van der Waals surface area contributed by atoms with Crippen LogP contribution in [0.5, 0.6) is 0 Å². The molecule has 0 radical (unpaired) electrons. The predicted octanol–water partition coefficient (Wildman–Crippen LogP) is 3.26. The minimum absolute atomic E-state index is 0.0966. The van der Waals surface area contributed by atoms with Crippen molar-refractivity contribution in [3.63, 3.8) is 0 Å². The Hall–Kier alpha value is -1.55. The van der Waals surface area contributed by atoms with Crippen LogP contribution in [0.3, 0.4) is 0 Å². The topological polar surface area (TPSA) is 46.6 Å². The summed E-state index contributed by atoms with van der Waals surface area (Å²) in [7, 11) is 1.80. The molecule has 0 spiro atoms. The van der Waals surface area contributed by atoms with Crippen molar-refractivity contribution in [2.45, 2.75) is 31.8 Å². The number of para-hydroxylation sites is 1. The van der Waals surface area contributed by atoms with Gasteiger partial charge in [0.2, 0.25) is 5.91 Å². The van der Waals surface area contributed by atoms with Crippen LogP contribution in [0.15, 0.2) is 24.3 Å². The Morgan fingerprint density at radius 3 is 2.40 bits per heavy atom. The third-order valence-corrected chi connectivity index (χ3v) is 4.59. The number of aryl methyl sites for hydroxylation is 1. The molecule has 5 heteroatoms. The van der Waals surface area contributed by atoms with Gasteiger partial charge < -0.3 is 9.64 Å². The van der Waals surface area contributed by atoms with Crippen molar-refractivity contribution in [2.24, 2.45) is 5.41 Å². The molecule has 3 aliphatic carbocycles. The minimum Gasteiger partial charge on any atom is -0.447 e. The lowest BCUT2D eigenvalue weighted by Gasteiger charge is -2.67. The Kier molecular flexibility index (Phi) is 2.83. The van der Waals surface area contributed by atoms with Crippen molar-refractivity contribution in [3.05, 3.63) is 29.8 Å². The fraction of sp³-hybridized carbons (Fsp3) is 0.467. The van der Waals surface area contributed by atoms with Crippen LogP contribution in [0.2, 0.25) is 0 Å². The molecule has 20 heavy (non-hydrogen) atoms. The van der Waals surface area contributed by atoms with E-state index in [2.05, 4.69) is 0 Å². The average Bonchev–Trinajstić information content (AvgIpc) is 2.30. The number of hydrogen-bond acceptors (Lipinski definition) is 3. The van der Waals surface area contributed by atoms with Gasteiger partial charge in [0.15, 0.2) is 0 Å². The van der Waals surface area contributed by atoms with Crippen LogP contribution in [0.25, 0.3) is 0 Å². The van der Waals surface area contributed by atoms with E-state index in [1.807, 2.05) is 31.2 Å². The number of hydrogen-bond donors (Lipinski definition) is 0. The zero-order valence-electron chi connectivity index (χ0n) is 11.5. The highest BCUT2D eigenvalue weighted by Gasteiger charge is 2.74. The number of ether oxygens (including phenoxy) is 1. The Balaban J connectivity index is 1.71. The highest BCUT2D eigenvalue weighted by molar-refractivity contribution is 6.61. The lowest BCUT2D eigenvalue weighted by molar-refractivity contribution is -0.243. The molecule has 4 rings (SSSR count). The molecule has 0 aliphatic heterocycles. The van der Waals surface area contributed by atoms with Gasteiger partial charge in [-0.25, -0.2) is 4.79 Å². The van der Waals surface area contributed by atoms with Gasteiger partial charge in [-0.05, 0) is 18.6 Å². The summed E-state index contributed by atoms with van der Waals surface area (Å²) >= 11 is 5.25. The standard InChI is InChI=1S/C15H16ClNO3/c1-10-5-3-4-6-11(10)17(2)12(18)14-7-15(8-14,9-14)20-13(16)19/h3-6H,7-9H2,1-2H3. The first-order valence-corrected chi connectivity index (χ1v) is 6.98. The van der Waals surface area contributed by atoms with Crippen LogP contribution < -0.4 is 4.90 Å². The van der Waals surface area contributed by atoms with Gasteiger partial charge in [-0.1, -0.05) is 18.2 Å². The highest BCUT2D eigenvalue weighted by Crippen LogP contribution is 2.70. The van der Waals surface area contributed by atoms with Crippen LogP contribution in [0, 0.1) is 12.3 Å². The van der Waals surface area contributed by atoms with E-state index in [0.717, 1.165) is 11.3 Å². The first-order valence-electron chi connectivity index (χ1n) is 6.60. The van der Waals surface area contributed by atoms with Crippen LogP contribution in [0.4, 0.5) is 10.5 Å². The molecule has 3 aliphatic rings. The van der Waals surface area contributed by atoms with Crippen LogP contribution in [0.1, 0.15) is 24.8 Å². The summed E-state index contributed by atoms with van der Waals surface area (Å²) in [5.41, 5.74) is 0.380. The molecule has 1 aromatic rings. The maximum atomic E-state index is 12.6. The summed E-state index contributed by atoms with van der Waals surface area (Å²) in [6.45, 7) is 1.98. The molecule has 4 nitrogen and oxygen atoms in total. The minimum atomic E-state index is -0.780. The molecule has 0 N–H and O–H groups in total. The van der Waals surface area contributed by atoms with E-state index < -0.39 is 11.0 Å². The molecule has 0 unspecified atom stereocenters. The average molecular weight is 294 g/mol. The van der Waals surface area contributed by atoms with E-state index in [-0.39, 0.29) is 11.3 Å². The van der Waals surface area contributed by atoms with Crippen molar-refractivity contribution >= 4 is 28.6 Å². The lowest BCUT2D eigenvalue weighted by atomic mass is 9.40. The van der Waals surface area contributed by atoms with Crippen molar-refractivity contribution in [1.82, 2.24) is 0 Å². The summed E-state index contributed by atoms with van der Waals surface area (Å²) in [6.07, 6.45) is 1.77. The predicted molar refractivity (Wildman–Crippen MR) is 75.9 cm³/mol. The second kappa shape index (κ2) is 4.22. The van der Waals surface area contributed by atoms with E-state index in [9.17, 15) is 9.59 Å². The molecular formula is C15H16ClNO3. The van der Waals surface area contributed by atoms with E-state index >= 15 is 0 Å². The van der Waals surface area contributed by atoms with Crippen molar-refractivity contribution < 1.29 is 14.3 Å². The van der Waals surface area contributed by atoms with Crippen LogP contribution >= 0.6 is 11.6 Å². The van der Waals surface area contributed by atoms with E-state index in [1.54, 1.807) is 11.9 Å². The largest absolute Gasteiger partial charge is 0.447 e. The molecule has 0 heterocycles. The number of anilines is 1. The zero-order chi connectivity index (χ0) is 14.5. The smallest absolute Gasteiger partial charge is 0.404 e. The molecule has 0 aromatic heterocycles. The number of nitrogens with zero attached hydrogens (tertiary/aromatic N) is 1. The number of halogens is 1. The maximum Gasteiger partial charge on any atom is 0.404 e. The van der Waals surface area contributed by atoms with Gasteiger partial charge in [0.1, 0.15) is 5.60 Å². The molecule has 3 fully saturated rings. The Morgan fingerprint density at radius 2 is 1.85 bits per heavy atom. The summed E-state index contributed by atoms with van der Waals surface area (Å²) in [4.78, 5) is 25.1. The summed E-state index contributed by atoms with van der Waals surface area (Å²) < 4.78 is 5.08. The highest BCUT2D eigenvalue weighted by atomic mass is 35.5. The number of carbonyl (C=O) groups is 2. The van der Waals surface area contributed by atoms with Gasteiger partial charge in [-0.15, -0.1) is 0 Å². The molecule has 2 bridgehead atoms. The van der Waals surface area contributed by atoms with Crippen molar-refractivity contribution in [2.75, 3.05) is 11.9 Å². The Bertz CT molecular complexity index is 579. The second-order valence-electron chi connectivity index (χ2n) is 5.98. The molecule has 0 atom stereocenters. The monoisotopic (exact) mass is 293 g/mol. The second-order valence-corrected chi connectivity index (χ2v) is 6.29. The third-order valence-electron chi connectivity index (χ3n) is 4.51. The summed E-state index contributed by atoms with van der Waals surface area (Å²) in [5, 5.41) is 0. The fourth-order valence-electron chi connectivity index (χ4n) is 3.60. The third kappa shape index (κ3) is 1.82. The van der Waals surface area contributed by atoms with Gasteiger partial charge in [0.25, 0.3) is 0 Å². The molecular weight excluding hydrogens is 278 g/mol. The van der Waals surface area contributed by atoms with Crippen LogP contribution in [-0.2, 0) is 9.53 Å². The van der Waals surface area contributed by atoms with Gasteiger partial charge in [0, 0.05) is 43.6 Å². The molecule has 1 amide bonds. The SMILES string of the molecule is Cc1ccccc1N(C)C(=O)C12CC(OC(=O)Cl)(C1)C2. The molecule has 3 saturated carbocycles. The zero-order valence-corrected chi connectivity index (χ0v) is 12.2. The summed E-state index contributed by atoms with van der Waals surface area (Å²) in [5.74, 6) is 0.0966. The molecule has 1 aromatic carbocycles. The van der Waals surface area contributed by atoms with Crippen LogP contribution in [-0.4, -0.2) is 24.0 Å². The first-order chi connectivity index (χ1) is 9.38. The normalized spacial score (nSPS) is 29.9. The number of rotatable bonds is 3. The van der Waals surface area contributed by atoms with Crippen molar-refractivity contribution in [3.8, 4) is 0 Å². The van der Waals surface area contributed by atoms with E-state index in [0.29, 0.717) is 19.3 Å². The summed E-state index contributed by atoms with van der Waals surface area (Å²) in [6, 6.07) is 7.79. The van der Waals surface area contributed by atoms with Gasteiger partial charge in [-0.3, -0.25) is 4.79 Å². The fourth-order valence-corrected chi connectivity index (χ4v) is 3.77. The maximum absolute atomic E-state index is 12.6. The number of benzene rings is 1. The molecule has 106 valence electrons.